The Kier molecular flexibility index (Phi) is 6.92. The van der Waals surface area contributed by atoms with Gasteiger partial charge in [-0.15, -0.1) is 0 Å². The zero-order chi connectivity index (χ0) is 18.6. The molecule has 1 aliphatic heterocycles. The molecule has 2 fully saturated rings. The van der Waals surface area contributed by atoms with Crippen molar-refractivity contribution in [1.29, 1.82) is 0 Å². The molecular formula is C14H21F6NO3. The zero-order valence-electron chi connectivity index (χ0n) is 13.0. The number of aliphatic hydroxyl groups is 1. The molecule has 0 aromatic rings. The first-order chi connectivity index (χ1) is 10.9. The molecule has 0 aromatic carbocycles. The zero-order valence-corrected chi connectivity index (χ0v) is 13.0. The molecular weight excluding hydrogens is 344 g/mol. The number of halogens is 6. The Morgan fingerprint density at radius 1 is 1.08 bits per heavy atom. The fourth-order valence-corrected chi connectivity index (χ4v) is 2.69. The quantitative estimate of drug-likeness (QED) is 0.752. The van der Waals surface area contributed by atoms with Crippen molar-refractivity contribution >= 4 is 5.97 Å². The Hall–Kier alpha value is -1.03. The first-order valence-corrected chi connectivity index (χ1v) is 7.57. The number of aliphatic hydroxyl groups excluding tert-OH is 1. The van der Waals surface area contributed by atoms with E-state index >= 15 is 0 Å². The lowest BCUT2D eigenvalue weighted by Crippen LogP contribution is -2.39. The van der Waals surface area contributed by atoms with Gasteiger partial charge in [-0.2, -0.15) is 26.3 Å². The molecule has 1 saturated carbocycles. The second-order valence-corrected chi connectivity index (χ2v) is 6.50. The summed E-state index contributed by atoms with van der Waals surface area (Å²) in [4.78, 5) is 11.1. The number of hydrogen-bond acceptors (Lipinski definition) is 3. The van der Waals surface area contributed by atoms with Crippen LogP contribution in [0.25, 0.3) is 0 Å². The van der Waals surface area contributed by atoms with Crippen LogP contribution >= 0.6 is 0 Å². The lowest BCUT2D eigenvalue weighted by atomic mass is 9.92. The van der Waals surface area contributed by atoms with Crippen molar-refractivity contribution in [2.75, 3.05) is 26.2 Å². The van der Waals surface area contributed by atoms with Gasteiger partial charge in [-0.3, -0.25) is 0 Å². The number of aliphatic carboxylic acids is 1. The van der Waals surface area contributed by atoms with Crippen LogP contribution in [-0.2, 0) is 4.79 Å². The van der Waals surface area contributed by atoms with Crippen LogP contribution in [-0.4, -0.2) is 59.7 Å². The average molecular weight is 365 g/mol. The summed E-state index contributed by atoms with van der Waals surface area (Å²) < 4.78 is 68.4. The van der Waals surface area contributed by atoms with Crippen molar-refractivity contribution < 1.29 is 41.4 Å². The minimum Gasteiger partial charge on any atom is -0.475 e. The lowest BCUT2D eigenvalue weighted by molar-refractivity contribution is -0.192. The molecule has 1 heterocycles. The van der Waals surface area contributed by atoms with E-state index in [4.69, 9.17) is 9.90 Å². The number of alkyl halides is 6. The fraction of sp³-hybridized carbons (Fsp3) is 0.929. The van der Waals surface area contributed by atoms with Crippen LogP contribution < -0.4 is 0 Å². The van der Waals surface area contributed by atoms with Gasteiger partial charge in [0.05, 0.1) is 0 Å². The highest BCUT2D eigenvalue weighted by Gasteiger charge is 2.44. The second-order valence-electron chi connectivity index (χ2n) is 6.50. The van der Waals surface area contributed by atoms with Crippen molar-refractivity contribution in [3.05, 3.63) is 0 Å². The van der Waals surface area contributed by atoms with Gasteiger partial charge in [-0.25, -0.2) is 4.79 Å². The predicted molar refractivity (Wildman–Crippen MR) is 72.3 cm³/mol. The summed E-state index contributed by atoms with van der Waals surface area (Å²) in [5, 5.41) is 16.3. The molecule has 10 heteroatoms. The van der Waals surface area contributed by atoms with E-state index in [2.05, 4.69) is 4.90 Å². The third kappa shape index (κ3) is 7.69. The normalized spacial score (nSPS) is 21.8. The molecule has 4 nitrogen and oxygen atoms in total. The van der Waals surface area contributed by atoms with Gasteiger partial charge in [-0.05, 0) is 44.7 Å². The fourth-order valence-electron chi connectivity index (χ4n) is 2.69. The molecule has 24 heavy (non-hydrogen) atoms. The van der Waals surface area contributed by atoms with E-state index in [9.17, 15) is 31.4 Å². The van der Waals surface area contributed by atoms with E-state index in [0.717, 1.165) is 32.5 Å². The molecule has 0 radical (unpaired) electrons. The molecule has 0 amide bonds. The molecule has 2 N–H and O–H groups in total. The van der Waals surface area contributed by atoms with E-state index < -0.39 is 24.7 Å². The first-order valence-electron chi connectivity index (χ1n) is 7.57. The van der Waals surface area contributed by atoms with Crippen molar-refractivity contribution in [3.8, 4) is 0 Å². The summed E-state index contributed by atoms with van der Waals surface area (Å²) in [5.41, 5.74) is 0.0802. The number of rotatable bonds is 4. The van der Waals surface area contributed by atoms with E-state index in [1.165, 1.54) is 0 Å². The van der Waals surface area contributed by atoms with Crippen LogP contribution in [0, 0.1) is 11.3 Å². The molecule has 0 spiro atoms. The summed E-state index contributed by atoms with van der Waals surface area (Å²) in [7, 11) is 0. The number of carboxylic acid groups (broad SMARTS) is 1. The lowest BCUT2D eigenvalue weighted by Gasteiger charge is -2.34. The number of likely N-dealkylation sites (tertiary alicyclic amines) is 1. The Bertz CT molecular complexity index is 412. The van der Waals surface area contributed by atoms with Gasteiger partial charge in [-0.1, -0.05) is 0 Å². The number of carboxylic acids is 1. The summed E-state index contributed by atoms with van der Waals surface area (Å²) in [6.45, 7) is 2.59. The smallest absolute Gasteiger partial charge is 0.475 e. The van der Waals surface area contributed by atoms with E-state index in [0.29, 0.717) is 12.8 Å². The predicted octanol–water partition coefficient (Wildman–Crippen LogP) is 3.06. The van der Waals surface area contributed by atoms with E-state index in [1.807, 2.05) is 0 Å². The van der Waals surface area contributed by atoms with Crippen LogP contribution in [0.2, 0.25) is 0 Å². The van der Waals surface area contributed by atoms with Crippen molar-refractivity contribution in [2.24, 2.45) is 11.3 Å². The van der Waals surface area contributed by atoms with Crippen molar-refractivity contribution in [3.63, 3.8) is 0 Å². The average Bonchev–Trinajstić information content (AvgIpc) is 3.19. The molecule has 1 aliphatic carbocycles. The minimum atomic E-state index is -5.08. The van der Waals surface area contributed by atoms with Gasteiger partial charge in [0, 0.05) is 25.0 Å². The maximum Gasteiger partial charge on any atom is 0.490 e. The Labute approximate surface area is 135 Å². The molecule has 142 valence electrons. The van der Waals surface area contributed by atoms with Gasteiger partial charge in [0.2, 0.25) is 0 Å². The number of nitrogens with zero attached hydrogens (tertiary/aromatic N) is 1. The van der Waals surface area contributed by atoms with Gasteiger partial charge >= 0.3 is 18.3 Å². The SMILES string of the molecule is O=C(O)C(F)(F)F.OCC1(CN2CCC(CC(F)(F)F)CC2)CC1. The molecule has 0 unspecified atom stereocenters. The maximum atomic E-state index is 12.2. The highest BCUT2D eigenvalue weighted by Crippen LogP contribution is 2.46. The monoisotopic (exact) mass is 365 g/mol. The molecule has 2 aliphatic rings. The van der Waals surface area contributed by atoms with E-state index in [1.54, 1.807) is 0 Å². The van der Waals surface area contributed by atoms with Crippen LogP contribution in [0.5, 0.6) is 0 Å². The van der Waals surface area contributed by atoms with Crippen LogP contribution in [0.4, 0.5) is 26.3 Å². The Morgan fingerprint density at radius 3 is 1.83 bits per heavy atom. The third-order valence-corrected chi connectivity index (χ3v) is 4.32. The second kappa shape index (κ2) is 7.90. The van der Waals surface area contributed by atoms with Crippen molar-refractivity contribution in [1.82, 2.24) is 4.90 Å². The van der Waals surface area contributed by atoms with Gasteiger partial charge < -0.3 is 15.1 Å². The van der Waals surface area contributed by atoms with Crippen molar-refractivity contribution in [2.45, 2.75) is 44.5 Å². The van der Waals surface area contributed by atoms with Crippen LogP contribution in [0.15, 0.2) is 0 Å². The molecule has 2 rings (SSSR count). The standard InChI is InChI=1S/C12H20F3NO.C2HF3O2/c13-12(14,15)7-10-1-5-16(6-2-10)8-11(9-17)3-4-11;3-2(4,5)1(6)7/h10,17H,1-9H2;(H,6,7). The first kappa shape index (κ1) is 21.0. The largest absolute Gasteiger partial charge is 0.490 e. The number of carbonyl (C=O) groups is 1. The van der Waals surface area contributed by atoms with Gasteiger partial charge in [0.25, 0.3) is 0 Å². The van der Waals surface area contributed by atoms with Gasteiger partial charge in [0.15, 0.2) is 0 Å². The third-order valence-electron chi connectivity index (χ3n) is 4.32. The summed E-state index contributed by atoms with van der Waals surface area (Å²) >= 11 is 0. The van der Waals surface area contributed by atoms with E-state index in [-0.39, 0.29) is 17.9 Å². The highest BCUT2D eigenvalue weighted by molar-refractivity contribution is 5.73. The molecule has 0 bridgehead atoms. The summed E-state index contributed by atoms with van der Waals surface area (Å²) in [6, 6.07) is 0. The summed E-state index contributed by atoms with van der Waals surface area (Å²) in [6.07, 6.45) is -6.33. The minimum absolute atomic E-state index is 0.0802. The Balaban J connectivity index is 0.000000351. The topological polar surface area (TPSA) is 60.8 Å². The molecule has 1 saturated heterocycles. The van der Waals surface area contributed by atoms with Crippen LogP contribution in [0.3, 0.4) is 0 Å². The Morgan fingerprint density at radius 2 is 1.54 bits per heavy atom. The summed E-state index contributed by atoms with van der Waals surface area (Å²) in [5.74, 6) is -2.96. The maximum absolute atomic E-state index is 12.2. The van der Waals surface area contributed by atoms with Gasteiger partial charge in [0.1, 0.15) is 0 Å². The molecule has 0 aromatic heterocycles. The van der Waals surface area contributed by atoms with Crippen LogP contribution in [0.1, 0.15) is 32.1 Å². The number of hydrogen-bond donors (Lipinski definition) is 2. The number of piperidine rings is 1. The highest BCUT2D eigenvalue weighted by atomic mass is 19.4. The molecule has 0 atom stereocenters.